The SMILES string of the molecule is CC(=O)c1cc(C=O)cc(C(=O)NCCCNCc2cncc(C(C)C)c2)c1.CNCc1ccccc1.Cc1ccccc1. The average Bonchev–Trinajstić information content (AvgIpc) is 3.04. The monoisotopic (exact) mass is 594 g/mol. The number of nitrogens with one attached hydrogen (secondary N) is 3. The molecule has 3 N–H and O–H groups in total. The van der Waals surface area contributed by atoms with Crippen molar-refractivity contribution in [1.82, 2.24) is 20.9 Å². The van der Waals surface area contributed by atoms with Gasteiger partial charge >= 0.3 is 0 Å². The Hall–Kier alpha value is -4.46. The number of aldehydes is 1. The molecule has 0 atom stereocenters. The normalized spacial score (nSPS) is 10.1. The summed E-state index contributed by atoms with van der Waals surface area (Å²) in [5.41, 5.74) is 6.00. The third-order valence-electron chi connectivity index (χ3n) is 6.55. The molecule has 3 aromatic carbocycles. The number of benzene rings is 3. The van der Waals surface area contributed by atoms with Gasteiger partial charge in [0, 0.05) is 48.7 Å². The lowest BCUT2D eigenvalue weighted by Crippen LogP contribution is -2.27. The molecule has 1 aromatic heterocycles. The van der Waals surface area contributed by atoms with Gasteiger partial charge < -0.3 is 16.0 Å². The topological polar surface area (TPSA) is 100 Å². The van der Waals surface area contributed by atoms with E-state index in [9.17, 15) is 14.4 Å². The summed E-state index contributed by atoms with van der Waals surface area (Å²) < 4.78 is 0. The molecule has 0 saturated heterocycles. The number of aryl methyl sites for hydroxylation is 1. The number of Topliss-reactive ketones (excluding diaryl/α,β-unsaturated/α-hetero) is 1. The molecule has 1 heterocycles. The summed E-state index contributed by atoms with van der Waals surface area (Å²) in [7, 11) is 1.95. The molecular formula is C37H46N4O3. The Morgan fingerprint density at radius 3 is 2.05 bits per heavy atom. The van der Waals surface area contributed by atoms with Crippen LogP contribution in [0, 0.1) is 6.92 Å². The number of aromatic nitrogens is 1. The Kier molecular flexibility index (Phi) is 16.6. The van der Waals surface area contributed by atoms with E-state index in [-0.39, 0.29) is 11.7 Å². The predicted octanol–water partition coefficient (Wildman–Crippen LogP) is 6.53. The largest absolute Gasteiger partial charge is 0.352 e. The summed E-state index contributed by atoms with van der Waals surface area (Å²) in [5.74, 6) is -0.0260. The molecule has 4 aromatic rings. The smallest absolute Gasteiger partial charge is 0.251 e. The van der Waals surface area contributed by atoms with E-state index >= 15 is 0 Å². The first-order valence-corrected chi connectivity index (χ1v) is 15.0. The third-order valence-corrected chi connectivity index (χ3v) is 6.55. The number of hydrogen-bond acceptors (Lipinski definition) is 6. The summed E-state index contributed by atoms with van der Waals surface area (Å²) in [4.78, 5) is 39.1. The van der Waals surface area contributed by atoms with Crippen LogP contribution >= 0.6 is 0 Å². The van der Waals surface area contributed by atoms with Crippen LogP contribution in [-0.4, -0.2) is 43.1 Å². The average molecular weight is 595 g/mol. The minimum atomic E-state index is -0.292. The molecule has 44 heavy (non-hydrogen) atoms. The summed E-state index contributed by atoms with van der Waals surface area (Å²) in [6.45, 7) is 10.7. The molecule has 7 nitrogen and oxygen atoms in total. The lowest BCUT2D eigenvalue weighted by atomic mass is 10.0. The molecule has 0 aliphatic heterocycles. The quantitative estimate of drug-likeness (QED) is 0.0980. The molecule has 0 saturated carbocycles. The van der Waals surface area contributed by atoms with Crippen LogP contribution < -0.4 is 16.0 Å². The van der Waals surface area contributed by atoms with Crippen molar-refractivity contribution in [2.45, 2.75) is 53.1 Å². The highest BCUT2D eigenvalue weighted by Gasteiger charge is 2.10. The van der Waals surface area contributed by atoms with Crippen molar-refractivity contribution in [2.75, 3.05) is 20.1 Å². The molecule has 7 heteroatoms. The first-order chi connectivity index (χ1) is 21.2. The zero-order valence-electron chi connectivity index (χ0n) is 26.6. The Morgan fingerprint density at radius 1 is 0.818 bits per heavy atom. The highest BCUT2D eigenvalue weighted by molar-refractivity contribution is 6.01. The minimum Gasteiger partial charge on any atom is -0.352 e. The fourth-order valence-electron chi connectivity index (χ4n) is 4.06. The van der Waals surface area contributed by atoms with Gasteiger partial charge in [-0.05, 0) is 74.7 Å². The molecule has 1 amide bonds. The molecular weight excluding hydrogens is 548 g/mol. The number of rotatable bonds is 12. The van der Waals surface area contributed by atoms with Crippen LogP contribution in [0.25, 0.3) is 0 Å². The third kappa shape index (κ3) is 14.1. The first-order valence-electron chi connectivity index (χ1n) is 15.0. The second-order valence-corrected chi connectivity index (χ2v) is 10.8. The lowest BCUT2D eigenvalue weighted by molar-refractivity contribution is 0.0953. The second-order valence-electron chi connectivity index (χ2n) is 10.8. The summed E-state index contributed by atoms with van der Waals surface area (Å²) in [6, 6.07) is 27.2. The zero-order chi connectivity index (χ0) is 32.2. The Bertz CT molecular complexity index is 1420. The fourth-order valence-corrected chi connectivity index (χ4v) is 4.06. The van der Waals surface area contributed by atoms with Crippen molar-refractivity contribution in [3.8, 4) is 0 Å². The maximum Gasteiger partial charge on any atom is 0.251 e. The van der Waals surface area contributed by atoms with Crippen molar-refractivity contribution in [3.05, 3.63) is 136 Å². The van der Waals surface area contributed by atoms with Crippen LogP contribution in [0.5, 0.6) is 0 Å². The second kappa shape index (κ2) is 20.4. The summed E-state index contributed by atoms with van der Waals surface area (Å²) in [5, 5.41) is 9.25. The van der Waals surface area contributed by atoms with Gasteiger partial charge in [0.05, 0.1) is 0 Å². The molecule has 0 bridgehead atoms. The van der Waals surface area contributed by atoms with Gasteiger partial charge in [0.15, 0.2) is 5.78 Å². The Labute approximate surface area is 262 Å². The number of hydrogen-bond donors (Lipinski definition) is 3. The number of carbonyl (C=O) groups is 3. The van der Waals surface area contributed by atoms with Gasteiger partial charge in [-0.2, -0.15) is 0 Å². The number of carbonyl (C=O) groups excluding carboxylic acids is 3. The zero-order valence-corrected chi connectivity index (χ0v) is 26.6. The van der Waals surface area contributed by atoms with Gasteiger partial charge in [-0.3, -0.25) is 19.4 Å². The molecule has 0 aliphatic carbocycles. The van der Waals surface area contributed by atoms with Crippen molar-refractivity contribution >= 4 is 18.0 Å². The van der Waals surface area contributed by atoms with Gasteiger partial charge in [0.25, 0.3) is 5.91 Å². The van der Waals surface area contributed by atoms with Crippen LogP contribution in [-0.2, 0) is 13.1 Å². The lowest BCUT2D eigenvalue weighted by Gasteiger charge is -2.09. The van der Waals surface area contributed by atoms with E-state index in [2.05, 4.69) is 72.0 Å². The number of ketones is 1. The minimum absolute atomic E-state index is 0.182. The van der Waals surface area contributed by atoms with E-state index in [1.54, 1.807) is 0 Å². The van der Waals surface area contributed by atoms with E-state index in [4.69, 9.17) is 0 Å². The highest BCUT2D eigenvalue weighted by Crippen LogP contribution is 2.14. The summed E-state index contributed by atoms with van der Waals surface area (Å²) >= 11 is 0. The van der Waals surface area contributed by atoms with Crippen LogP contribution in [0.1, 0.15) is 86.4 Å². The van der Waals surface area contributed by atoms with Crippen LogP contribution in [0.2, 0.25) is 0 Å². The van der Waals surface area contributed by atoms with Crippen molar-refractivity contribution < 1.29 is 14.4 Å². The number of amides is 1. The Balaban J connectivity index is 0.000000339. The summed E-state index contributed by atoms with van der Waals surface area (Å²) in [6.07, 6.45) is 5.14. The molecule has 0 spiro atoms. The fraction of sp³-hybridized carbons (Fsp3) is 0.297. The first kappa shape index (κ1) is 35.7. The molecule has 0 fully saturated rings. The van der Waals surface area contributed by atoms with Crippen molar-refractivity contribution in [3.63, 3.8) is 0 Å². The van der Waals surface area contributed by atoms with Gasteiger partial charge in [0.1, 0.15) is 6.29 Å². The molecule has 4 rings (SSSR count). The van der Waals surface area contributed by atoms with Gasteiger partial charge in [-0.1, -0.05) is 86.1 Å². The van der Waals surface area contributed by atoms with Crippen LogP contribution in [0.15, 0.2) is 97.3 Å². The van der Waals surface area contributed by atoms with Crippen molar-refractivity contribution in [1.29, 1.82) is 0 Å². The molecule has 0 radical (unpaired) electrons. The van der Waals surface area contributed by atoms with Crippen LogP contribution in [0.3, 0.4) is 0 Å². The maximum atomic E-state index is 12.3. The molecule has 0 unspecified atom stereocenters. The van der Waals surface area contributed by atoms with E-state index in [1.165, 1.54) is 41.8 Å². The standard InChI is InChI=1S/C22H27N3O3.C8H11N.C7H8/c1-15(2)21-9-18(12-24-13-21)11-23-5-4-6-25-22(28)20-8-17(14-26)7-19(10-20)16(3)27;1-9-7-8-5-3-2-4-6-8;1-7-5-3-2-4-6-7/h7-10,12-15,23H,4-6,11H2,1-3H3,(H,25,28);2-6,9H,7H2,1H3;2-6H,1H3. The highest BCUT2D eigenvalue weighted by atomic mass is 16.1. The van der Waals surface area contributed by atoms with E-state index < -0.39 is 0 Å². The van der Waals surface area contributed by atoms with Crippen LogP contribution in [0.4, 0.5) is 0 Å². The Morgan fingerprint density at radius 2 is 1.48 bits per heavy atom. The van der Waals surface area contributed by atoms with Crippen molar-refractivity contribution in [2.24, 2.45) is 0 Å². The number of pyridine rings is 1. The predicted molar refractivity (Wildman–Crippen MR) is 179 cm³/mol. The molecule has 232 valence electrons. The van der Waals surface area contributed by atoms with Gasteiger partial charge in [0.2, 0.25) is 0 Å². The molecule has 0 aliphatic rings. The van der Waals surface area contributed by atoms with E-state index in [1.807, 2.05) is 55.8 Å². The van der Waals surface area contributed by atoms with E-state index in [0.717, 1.165) is 31.6 Å². The van der Waals surface area contributed by atoms with E-state index in [0.29, 0.717) is 35.4 Å². The van der Waals surface area contributed by atoms with Gasteiger partial charge in [-0.15, -0.1) is 0 Å². The maximum absolute atomic E-state index is 12.3. The number of nitrogens with zero attached hydrogens (tertiary/aromatic N) is 1. The van der Waals surface area contributed by atoms with Gasteiger partial charge in [-0.25, -0.2) is 0 Å².